The van der Waals surface area contributed by atoms with Gasteiger partial charge >= 0.3 is 21.2 Å². The molecule has 0 aromatic heterocycles. The summed E-state index contributed by atoms with van der Waals surface area (Å²) in [7, 11) is -9.20. The third kappa shape index (κ3) is 10.9. The maximum atomic E-state index is 11.4. The van der Waals surface area contributed by atoms with Gasteiger partial charge in [-0.2, -0.15) is 0 Å². The molecule has 0 bridgehead atoms. The van der Waals surface area contributed by atoms with E-state index in [1.807, 2.05) is 0 Å². The van der Waals surface area contributed by atoms with Gasteiger partial charge in [-0.1, -0.05) is 0 Å². The Morgan fingerprint density at radius 1 is 1.00 bits per heavy atom. The highest BCUT2D eigenvalue weighted by atomic mass is 31.2. The number of nitrogens with one attached hydrogen (secondary N) is 2. The van der Waals surface area contributed by atoms with Gasteiger partial charge in [0.05, 0.1) is 12.1 Å². The smallest absolute Gasteiger partial charge is 0.342 e. The first-order valence-corrected chi connectivity index (χ1v) is 10.3. The average molecular weight is 377 g/mol. The minimum Gasteiger partial charge on any atom is -0.481 e. The van der Waals surface area contributed by atoms with Crippen molar-refractivity contribution in [2.45, 2.75) is 30.7 Å². The van der Waals surface area contributed by atoms with Crippen LogP contribution in [0.5, 0.6) is 0 Å². The third-order valence-electron chi connectivity index (χ3n) is 3.07. The molecule has 9 N–H and O–H groups in total. The number of hydrogen-bond donors (Lipinski definition) is 8. The summed E-state index contributed by atoms with van der Waals surface area (Å²) in [5, 5.41) is 14.2. The minimum absolute atomic E-state index is 0.218. The molecule has 2 unspecified atom stereocenters. The summed E-state index contributed by atoms with van der Waals surface area (Å²) < 4.78 is 22.7. The van der Waals surface area contributed by atoms with Crippen LogP contribution in [0.1, 0.15) is 19.3 Å². The molecule has 23 heavy (non-hydrogen) atoms. The van der Waals surface area contributed by atoms with Gasteiger partial charge in [0.15, 0.2) is 0 Å². The van der Waals surface area contributed by atoms with E-state index in [2.05, 4.69) is 10.6 Å². The Labute approximate surface area is 134 Å². The zero-order chi connectivity index (χ0) is 18.1. The first-order valence-electron chi connectivity index (χ1n) is 6.95. The van der Waals surface area contributed by atoms with Gasteiger partial charge in [-0.05, 0) is 12.8 Å². The first kappa shape index (κ1) is 22.6. The molecule has 0 fully saturated rings. The fourth-order valence-electron chi connectivity index (χ4n) is 1.88. The Hall–Kier alpha value is -0.350. The Morgan fingerprint density at radius 2 is 1.61 bits per heavy atom. The highest BCUT2D eigenvalue weighted by Crippen LogP contribution is 2.48. The van der Waals surface area contributed by atoms with E-state index >= 15 is 0 Å². The Morgan fingerprint density at radius 3 is 2.04 bits per heavy atom. The molecule has 0 saturated carbocycles. The molecule has 0 radical (unpaired) electrons. The van der Waals surface area contributed by atoms with Crippen molar-refractivity contribution in [2.75, 3.05) is 26.2 Å². The molecule has 0 rings (SSSR count). The molecule has 138 valence electrons. The largest absolute Gasteiger partial charge is 0.481 e. The Kier molecular flexibility index (Phi) is 10.3. The molecule has 0 spiro atoms. The fraction of sp³-hybridized carbons (Fsp3) is 0.900. The molecule has 0 aliphatic carbocycles. The molecule has 0 aliphatic rings. The highest BCUT2D eigenvalue weighted by molar-refractivity contribution is 7.53. The normalized spacial score (nSPS) is 15.3. The van der Waals surface area contributed by atoms with Crippen LogP contribution in [0.2, 0.25) is 0 Å². The van der Waals surface area contributed by atoms with E-state index in [0.717, 1.165) is 0 Å². The van der Waals surface area contributed by atoms with Crippen molar-refractivity contribution in [3.05, 3.63) is 0 Å². The van der Waals surface area contributed by atoms with Crippen molar-refractivity contribution >= 4 is 21.2 Å². The van der Waals surface area contributed by atoms with Crippen molar-refractivity contribution in [3.8, 4) is 0 Å². The fourth-order valence-corrected chi connectivity index (χ4v) is 3.62. The van der Waals surface area contributed by atoms with Crippen LogP contribution in [-0.4, -0.2) is 68.3 Å². The number of carbonyl (C=O) groups is 1. The first-order chi connectivity index (χ1) is 10.5. The molecule has 0 aromatic rings. The lowest BCUT2D eigenvalue weighted by Gasteiger charge is -2.23. The molecule has 13 heteroatoms. The molecule has 0 aromatic carbocycles. The van der Waals surface area contributed by atoms with Gasteiger partial charge in [0.1, 0.15) is 5.78 Å². The maximum absolute atomic E-state index is 11.4. The summed E-state index contributed by atoms with van der Waals surface area (Å²) in [4.78, 5) is 47.4. The van der Waals surface area contributed by atoms with Crippen LogP contribution in [0.3, 0.4) is 0 Å². The van der Waals surface area contributed by atoms with Crippen molar-refractivity contribution in [2.24, 2.45) is 5.73 Å². The van der Waals surface area contributed by atoms with Gasteiger partial charge in [-0.25, -0.2) is 0 Å². The quantitative estimate of drug-likeness (QED) is 0.136. The lowest BCUT2D eigenvalue weighted by atomic mass is 10.2. The van der Waals surface area contributed by atoms with E-state index in [-0.39, 0.29) is 19.4 Å². The second-order valence-electron chi connectivity index (χ2n) is 5.02. The van der Waals surface area contributed by atoms with E-state index in [0.29, 0.717) is 19.6 Å². The molecule has 0 aliphatic heterocycles. The second kappa shape index (κ2) is 10.5. The number of nitrogens with two attached hydrogens (primary N) is 1. The number of rotatable bonds is 13. The summed E-state index contributed by atoms with van der Waals surface area (Å²) in [5.41, 5.74) is 3.79. The number of aliphatic carboxylic acids is 1. The number of hydrogen-bond acceptors (Lipinski definition) is 6. The summed E-state index contributed by atoms with van der Waals surface area (Å²) in [5.74, 6) is -2.69. The van der Waals surface area contributed by atoms with E-state index in [1.54, 1.807) is 0 Å². The summed E-state index contributed by atoms with van der Waals surface area (Å²) in [6, 6.07) is 0. The Balaban J connectivity index is 4.61. The zero-order valence-electron chi connectivity index (χ0n) is 12.5. The SMILES string of the molecule is NCCNCCNC(CCC(CC(=O)O)P(=O)(O)O)P(=O)(O)O. The van der Waals surface area contributed by atoms with Crippen LogP contribution < -0.4 is 16.4 Å². The summed E-state index contributed by atoms with van der Waals surface area (Å²) in [6.45, 7) is 1.59. The number of carboxylic acid groups (broad SMARTS) is 1. The summed E-state index contributed by atoms with van der Waals surface area (Å²) in [6.07, 6.45) is -1.35. The van der Waals surface area contributed by atoms with Crippen LogP contribution in [0.15, 0.2) is 0 Å². The van der Waals surface area contributed by atoms with Crippen molar-refractivity contribution < 1.29 is 38.6 Å². The molecular weight excluding hydrogens is 352 g/mol. The van der Waals surface area contributed by atoms with Crippen LogP contribution in [0.25, 0.3) is 0 Å². The topological polar surface area (TPSA) is 202 Å². The standard InChI is InChI=1S/C10H25N3O8P2/c11-3-4-12-5-6-13-9(23(19,20)21)2-1-8(7-10(14)15)22(16,17)18/h8-9,12-13H,1-7,11H2,(H,14,15)(H2,16,17,18)(H2,19,20,21). The van der Waals surface area contributed by atoms with Gasteiger partial charge in [-0.15, -0.1) is 0 Å². The van der Waals surface area contributed by atoms with Crippen LogP contribution in [0.4, 0.5) is 0 Å². The van der Waals surface area contributed by atoms with Crippen LogP contribution in [0, 0.1) is 0 Å². The summed E-state index contributed by atoms with van der Waals surface area (Å²) >= 11 is 0. The van der Waals surface area contributed by atoms with Gasteiger partial charge in [0, 0.05) is 26.2 Å². The predicted molar refractivity (Wildman–Crippen MR) is 83.1 cm³/mol. The van der Waals surface area contributed by atoms with Crippen molar-refractivity contribution in [1.29, 1.82) is 0 Å². The van der Waals surface area contributed by atoms with Gasteiger partial charge < -0.3 is 41.0 Å². The van der Waals surface area contributed by atoms with Crippen molar-refractivity contribution in [3.63, 3.8) is 0 Å². The third-order valence-corrected chi connectivity index (χ3v) is 5.71. The maximum Gasteiger partial charge on any atom is 0.342 e. The van der Waals surface area contributed by atoms with Gasteiger partial charge in [0.25, 0.3) is 0 Å². The van der Waals surface area contributed by atoms with Crippen LogP contribution >= 0.6 is 15.2 Å². The predicted octanol–water partition coefficient (Wildman–Crippen LogP) is -1.57. The average Bonchev–Trinajstić information content (AvgIpc) is 2.37. The Bertz CT molecular complexity index is 451. The lowest BCUT2D eigenvalue weighted by molar-refractivity contribution is -0.137. The monoisotopic (exact) mass is 377 g/mol. The number of carboxylic acids is 1. The van der Waals surface area contributed by atoms with Gasteiger partial charge in [-0.3, -0.25) is 13.9 Å². The van der Waals surface area contributed by atoms with Gasteiger partial charge in [0.2, 0.25) is 0 Å². The second-order valence-corrected chi connectivity index (χ2v) is 8.73. The highest BCUT2D eigenvalue weighted by Gasteiger charge is 2.34. The zero-order valence-corrected chi connectivity index (χ0v) is 14.3. The molecule has 0 amide bonds. The van der Waals surface area contributed by atoms with E-state index in [4.69, 9.17) is 20.6 Å². The van der Waals surface area contributed by atoms with E-state index in [9.17, 15) is 23.7 Å². The lowest BCUT2D eigenvalue weighted by Crippen LogP contribution is -2.37. The molecule has 0 saturated heterocycles. The van der Waals surface area contributed by atoms with Crippen molar-refractivity contribution in [1.82, 2.24) is 10.6 Å². The molecule has 0 heterocycles. The molecule has 11 nitrogen and oxygen atoms in total. The minimum atomic E-state index is -4.67. The molecule has 2 atom stereocenters. The molecular formula is C10H25N3O8P2. The van der Waals surface area contributed by atoms with E-state index < -0.39 is 39.0 Å². The van der Waals surface area contributed by atoms with Crippen LogP contribution in [-0.2, 0) is 13.9 Å². The van der Waals surface area contributed by atoms with E-state index in [1.165, 1.54) is 0 Å².